The summed E-state index contributed by atoms with van der Waals surface area (Å²) in [5.41, 5.74) is 12.7. The van der Waals surface area contributed by atoms with Gasteiger partial charge in [0.05, 0.1) is 6.61 Å². The molecule has 6 nitrogen and oxygen atoms in total. The van der Waals surface area contributed by atoms with Gasteiger partial charge in [-0.15, -0.1) is 0 Å². The number of Topliss-reactive ketones (excluding diaryl/α,β-unsaturated/α-hetero) is 1. The lowest BCUT2D eigenvalue weighted by Crippen LogP contribution is -2.11. The number of ketones is 1. The van der Waals surface area contributed by atoms with Crippen LogP contribution in [-0.2, 0) is 0 Å². The van der Waals surface area contributed by atoms with Crippen LogP contribution in [0.15, 0.2) is 48.5 Å². The fourth-order valence-corrected chi connectivity index (χ4v) is 2.31. The number of unbranched alkanes of at least 4 members (excludes halogenated alkanes) is 1. The third kappa shape index (κ3) is 5.46. The zero-order chi connectivity index (χ0) is 18.2. The molecule has 0 atom stereocenters. The van der Waals surface area contributed by atoms with E-state index in [0.717, 1.165) is 12.8 Å². The molecule has 0 amide bonds. The van der Waals surface area contributed by atoms with E-state index in [2.05, 4.69) is 0 Å². The van der Waals surface area contributed by atoms with Crippen LogP contribution in [0.3, 0.4) is 0 Å². The molecule has 0 bridgehead atoms. The number of ether oxygens (including phenoxy) is 1. The lowest BCUT2D eigenvalue weighted by atomic mass is 10.0. The maximum absolute atomic E-state index is 12.1. The zero-order valence-electron chi connectivity index (χ0n) is 13.9. The first-order valence-electron chi connectivity index (χ1n) is 8.02. The number of benzene rings is 2. The molecule has 0 spiro atoms. The van der Waals surface area contributed by atoms with E-state index in [1.165, 1.54) is 0 Å². The minimum atomic E-state index is -0.00927. The predicted octanol–water partition coefficient (Wildman–Crippen LogP) is 2.69. The predicted molar refractivity (Wildman–Crippen MR) is 98.6 cm³/mol. The molecule has 0 aliphatic rings. The van der Waals surface area contributed by atoms with E-state index >= 15 is 0 Å². The minimum absolute atomic E-state index is 0.00633. The standard InChI is InChI=1S/C19H22N4O2/c20-18(21)14-9-7-13(8-10-14)17(24)6-1-2-11-25-16-5-3-4-15(12-16)19(22)23/h3-5,7-10,12H,1-2,6,11H2,(H3,20,21)(H3,22,23). The first-order chi connectivity index (χ1) is 12.0. The SMILES string of the molecule is N=C(N)c1ccc(C(=O)CCCCOc2cccc(C(=N)N)c2)cc1. The molecular formula is C19H22N4O2. The molecule has 0 aliphatic heterocycles. The van der Waals surface area contributed by atoms with Crippen molar-refractivity contribution in [1.29, 1.82) is 10.8 Å². The first-order valence-corrected chi connectivity index (χ1v) is 8.02. The number of hydrogen-bond donors (Lipinski definition) is 4. The molecule has 0 saturated heterocycles. The number of amidine groups is 2. The van der Waals surface area contributed by atoms with Gasteiger partial charge in [-0.3, -0.25) is 15.6 Å². The minimum Gasteiger partial charge on any atom is -0.494 e. The van der Waals surface area contributed by atoms with Crippen molar-refractivity contribution in [3.05, 3.63) is 65.2 Å². The highest BCUT2D eigenvalue weighted by Crippen LogP contribution is 2.14. The third-order valence-corrected chi connectivity index (χ3v) is 3.73. The van der Waals surface area contributed by atoms with Crippen molar-refractivity contribution in [2.24, 2.45) is 11.5 Å². The molecule has 0 heterocycles. The maximum atomic E-state index is 12.1. The summed E-state index contributed by atoms with van der Waals surface area (Å²) >= 11 is 0. The van der Waals surface area contributed by atoms with Gasteiger partial charge in [0.15, 0.2) is 5.78 Å². The van der Waals surface area contributed by atoms with Crippen molar-refractivity contribution >= 4 is 17.5 Å². The van der Waals surface area contributed by atoms with Gasteiger partial charge in [-0.2, -0.15) is 0 Å². The van der Waals surface area contributed by atoms with Crippen molar-refractivity contribution in [3.8, 4) is 5.75 Å². The summed E-state index contributed by atoms with van der Waals surface area (Å²) in [7, 11) is 0. The Kier molecular flexibility index (Phi) is 6.28. The van der Waals surface area contributed by atoms with E-state index in [-0.39, 0.29) is 17.5 Å². The summed E-state index contributed by atoms with van der Waals surface area (Å²) in [6.07, 6.45) is 1.91. The van der Waals surface area contributed by atoms with Crippen LogP contribution in [-0.4, -0.2) is 24.1 Å². The second kappa shape index (κ2) is 8.63. The lowest BCUT2D eigenvalue weighted by molar-refractivity contribution is 0.0978. The van der Waals surface area contributed by atoms with E-state index in [9.17, 15) is 4.79 Å². The molecule has 2 aromatic rings. The van der Waals surface area contributed by atoms with E-state index in [1.807, 2.05) is 6.07 Å². The Hall–Kier alpha value is -3.15. The van der Waals surface area contributed by atoms with Crippen molar-refractivity contribution in [2.75, 3.05) is 6.61 Å². The summed E-state index contributed by atoms with van der Waals surface area (Å²) in [5, 5.41) is 14.7. The smallest absolute Gasteiger partial charge is 0.162 e. The van der Waals surface area contributed by atoms with Crippen molar-refractivity contribution < 1.29 is 9.53 Å². The van der Waals surface area contributed by atoms with E-state index in [4.69, 9.17) is 27.0 Å². The van der Waals surface area contributed by atoms with Gasteiger partial charge in [0.25, 0.3) is 0 Å². The van der Waals surface area contributed by atoms with Crippen molar-refractivity contribution in [3.63, 3.8) is 0 Å². The van der Waals surface area contributed by atoms with Gasteiger partial charge < -0.3 is 16.2 Å². The van der Waals surface area contributed by atoms with Crippen LogP contribution >= 0.6 is 0 Å². The quantitative estimate of drug-likeness (QED) is 0.243. The van der Waals surface area contributed by atoms with Crippen LogP contribution in [0.4, 0.5) is 0 Å². The number of nitrogens with one attached hydrogen (secondary N) is 2. The maximum Gasteiger partial charge on any atom is 0.162 e. The molecule has 6 N–H and O–H groups in total. The highest BCUT2D eigenvalue weighted by Gasteiger charge is 2.06. The molecule has 2 rings (SSSR count). The molecule has 6 heteroatoms. The summed E-state index contributed by atoms with van der Waals surface area (Å²) < 4.78 is 5.63. The topological polar surface area (TPSA) is 126 Å². The number of rotatable bonds is 9. The van der Waals surface area contributed by atoms with Gasteiger partial charge in [0.1, 0.15) is 17.4 Å². The number of nitrogen functional groups attached to an aromatic ring is 2. The zero-order valence-corrected chi connectivity index (χ0v) is 13.9. The fraction of sp³-hybridized carbons (Fsp3) is 0.211. The van der Waals surface area contributed by atoms with Crippen LogP contribution in [0.5, 0.6) is 5.75 Å². The average Bonchev–Trinajstić information content (AvgIpc) is 2.61. The van der Waals surface area contributed by atoms with Crippen LogP contribution in [0, 0.1) is 10.8 Å². The lowest BCUT2D eigenvalue weighted by Gasteiger charge is -2.07. The molecule has 25 heavy (non-hydrogen) atoms. The van der Waals surface area contributed by atoms with E-state index < -0.39 is 0 Å². The molecule has 0 fully saturated rings. The molecular weight excluding hydrogens is 316 g/mol. The highest BCUT2D eigenvalue weighted by molar-refractivity contribution is 5.99. The number of carbonyl (C=O) groups is 1. The largest absolute Gasteiger partial charge is 0.494 e. The number of nitrogens with two attached hydrogens (primary N) is 2. The molecule has 0 radical (unpaired) electrons. The van der Waals surface area contributed by atoms with Crippen LogP contribution in [0.2, 0.25) is 0 Å². The average molecular weight is 338 g/mol. The Labute approximate surface area is 146 Å². The van der Waals surface area contributed by atoms with Gasteiger partial charge in [0.2, 0.25) is 0 Å². The van der Waals surface area contributed by atoms with Crippen LogP contribution < -0.4 is 16.2 Å². The summed E-state index contributed by atoms with van der Waals surface area (Å²) in [4.78, 5) is 12.1. The van der Waals surface area contributed by atoms with Gasteiger partial charge in [-0.25, -0.2) is 0 Å². The molecule has 130 valence electrons. The van der Waals surface area contributed by atoms with Gasteiger partial charge in [-0.1, -0.05) is 36.4 Å². The van der Waals surface area contributed by atoms with Gasteiger partial charge in [-0.05, 0) is 25.0 Å². The normalized spacial score (nSPS) is 10.2. The molecule has 0 aliphatic carbocycles. The summed E-state index contributed by atoms with van der Waals surface area (Å²) in [6, 6.07) is 13.8. The Morgan fingerprint density at radius 1 is 0.880 bits per heavy atom. The summed E-state index contributed by atoms with van der Waals surface area (Å²) in [6.45, 7) is 0.498. The Morgan fingerprint density at radius 3 is 2.16 bits per heavy atom. The Bertz CT molecular complexity index is 769. The van der Waals surface area contributed by atoms with Crippen LogP contribution in [0.1, 0.15) is 40.7 Å². The monoisotopic (exact) mass is 338 g/mol. The molecule has 0 unspecified atom stereocenters. The Morgan fingerprint density at radius 2 is 1.52 bits per heavy atom. The molecule has 2 aromatic carbocycles. The number of carbonyl (C=O) groups excluding carboxylic acids is 1. The molecule has 0 aromatic heterocycles. The fourth-order valence-electron chi connectivity index (χ4n) is 2.31. The van der Waals surface area contributed by atoms with Gasteiger partial charge in [0, 0.05) is 23.1 Å². The summed E-state index contributed by atoms with van der Waals surface area (Å²) in [5.74, 6) is 0.726. The third-order valence-electron chi connectivity index (χ3n) is 3.73. The van der Waals surface area contributed by atoms with Crippen LogP contribution in [0.25, 0.3) is 0 Å². The molecule has 0 saturated carbocycles. The second-order valence-electron chi connectivity index (χ2n) is 5.66. The van der Waals surface area contributed by atoms with Crippen molar-refractivity contribution in [2.45, 2.75) is 19.3 Å². The first kappa shape index (κ1) is 18.2. The van der Waals surface area contributed by atoms with Crippen molar-refractivity contribution in [1.82, 2.24) is 0 Å². The van der Waals surface area contributed by atoms with Gasteiger partial charge >= 0.3 is 0 Å². The van der Waals surface area contributed by atoms with E-state index in [1.54, 1.807) is 42.5 Å². The Balaban J connectivity index is 1.73. The van der Waals surface area contributed by atoms with E-state index in [0.29, 0.717) is 35.5 Å². The highest BCUT2D eigenvalue weighted by atomic mass is 16.5. The number of hydrogen-bond acceptors (Lipinski definition) is 4. The second-order valence-corrected chi connectivity index (χ2v) is 5.66.